The van der Waals surface area contributed by atoms with Crippen molar-refractivity contribution in [2.24, 2.45) is 0 Å². The number of hydrogen-bond acceptors (Lipinski definition) is 6. The van der Waals surface area contributed by atoms with Crippen LogP contribution in [0.25, 0.3) is 20.4 Å². The monoisotopic (exact) mass is 375 g/mol. The van der Waals surface area contributed by atoms with Crippen LogP contribution < -0.4 is 5.56 Å². The van der Waals surface area contributed by atoms with Crippen LogP contribution >= 0.6 is 23.1 Å². The summed E-state index contributed by atoms with van der Waals surface area (Å²) in [5.41, 5.74) is 0.836. The van der Waals surface area contributed by atoms with Gasteiger partial charge in [0.25, 0.3) is 5.56 Å². The molecule has 0 radical (unpaired) electrons. The molecule has 0 saturated carbocycles. The zero-order valence-corrected chi connectivity index (χ0v) is 15.9. The van der Waals surface area contributed by atoms with E-state index >= 15 is 0 Å². The molecule has 0 aliphatic carbocycles. The quantitative estimate of drug-likeness (QED) is 0.369. The second kappa shape index (κ2) is 7.43. The van der Waals surface area contributed by atoms with E-state index in [0.717, 1.165) is 58.9 Å². The average Bonchev–Trinajstić information content (AvgIpc) is 3.26. The number of thiophene rings is 1. The van der Waals surface area contributed by atoms with E-state index in [4.69, 9.17) is 9.72 Å². The van der Waals surface area contributed by atoms with Crippen LogP contribution in [0, 0.1) is 0 Å². The number of pyridine rings is 1. The third-order valence-electron chi connectivity index (χ3n) is 4.46. The van der Waals surface area contributed by atoms with Crippen molar-refractivity contribution in [1.82, 2.24) is 14.5 Å². The van der Waals surface area contributed by atoms with Gasteiger partial charge in [-0.15, -0.1) is 11.3 Å². The third-order valence-corrected chi connectivity index (χ3v) is 6.61. The van der Waals surface area contributed by atoms with Gasteiger partial charge in [-0.1, -0.05) is 25.1 Å². The minimum Gasteiger partial charge on any atom is -0.376 e. The predicted octanol–water partition coefficient (Wildman–Crippen LogP) is 4.08. The molecular formula is C18H21N3O2S2. The Morgan fingerprint density at radius 3 is 3.20 bits per heavy atom. The van der Waals surface area contributed by atoms with Crippen LogP contribution in [0.3, 0.4) is 0 Å². The Morgan fingerprint density at radius 2 is 2.40 bits per heavy atom. The Labute approximate surface area is 154 Å². The molecule has 132 valence electrons. The van der Waals surface area contributed by atoms with Crippen molar-refractivity contribution in [3.8, 4) is 0 Å². The zero-order valence-electron chi connectivity index (χ0n) is 14.2. The fourth-order valence-corrected chi connectivity index (χ4v) is 5.23. The van der Waals surface area contributed by atoms with Crippen molar-refractivity contribution in [2.75, 3.05) is 12.4 Å². The molecule has 0 amide bonds. The molecule has 25 heavy (non-hydrogen) atoms. The van der Waals surface area contributed by atoms with Gasteiger partial charge in [0, 0.05) is 23.9 Å². The van der Waals surface area contributed by atoms with Crippen molar-refractivity contribution < 1.29 is 4.74 Å². The van der Waals surface area contributed by atoms with Gasteiger partial charge in [-0.25, -0.2) is 9.97 Å². The molecule has 3 aromatic heterocycles. The Kier molecular flexibility index (Phi) is 5.05. The number of rotatable bonds is 6. The summed E-state index contributed by atoms with van der Waals surface area (Å²) in [4.78, 5) is 23.3. The summed E-state index contributed by atoms with van der Waals surface area (Å²) in [6.07, 6.45) is 6.22. The minimum absolute atomic E-state index is 0.0440. The van der Waals surface area contributed by atoms with Gasteiger partial charge in [0.1, 0.15) is 9.53 Å². The van der Waals surface area contributed by atoms with Crippen LogP contribution in [-0.2, 0) is 11.3 Å². The molecule has 0 aromatic carbocycles. The van der Waals surface area contributed by atoms with Gasteiger partial charge in [0.05, 0.1) is 18.2 Å². The number of ether oxygens (including phenoxy) is 1. The van der Waals surface area contributed by atoms with Crippen molar-refractivity contribution in [1.29, 1.82) is 0 Å². The van der Waals surface area contributed by atoms with Crippen molar-refractivity contribution in [3.63, 3.8) is 0 Å². The normalized spacial score (nSPS) is 17.7. The maximum absolute atomic E-state index is 13.2. The molecular weight excluding hydrogens is 354 g/mol. The highest BCUT2D eigenvalue weighted by molar-refractivity contribution is 7.99. The molecule has 1 unspecified atom stereocenters. The van der Waals surface area contributed by atoms with Crippen LogP contribution in [0.15, 0.2) is 28.3 Å². The Morgan fingerprint density at radius 1 is 1.48 bits per heavy atom. The van der Waals surface area contributed by atoms with E-state index in [9.17, 15) is 4.79 Å². The van der Waals surface area contributed by atoms with E-state index in [1.54, 1.807) is 18.0 Å². The van der Waals surface area contributed by atoms with E-state index < -0.39 is 0 Å². The third kappa shape index (κ3) is 3.32. The number of nitrogens with zero attached hydrogens (tertiary/aromatic N) is 3. The summed E-state index contributed by atoms with van der Waals surface area (Å²) in [6, 6.07) is 3.90. The van der Waals surface area contributed by atoms with E-state index in [0.29, 0.717) is 11.2 Å². The van der Waals surface area contributed by atoms with Crippen LogP contribution in [0.5, 0.6) is 0 Å². The Bertz CT molecular complexity index is 945. The summed E-state index contributed by atoms with van der Waals surface area (Å²) in [7, 11) is 0. The number of unbranched alkanes of at least 4 members (excludes halogenated alkanes) is 1. The van der Waals surface area contributed by atoms with Crippen LogP contribution in [0.2, 0.25) is 0 Å². The highest BCUT2D eigenvalue weighted by Gasteiger charge is 2.22. The average molecular weight is 376 g/mol. The lowest BCUT2D eigenvalue weighted by Gasteiger charge is -2.15. The van der Waals surface area contributed by atoms with Gasteiger partial charge in [-0.2, -0.15) is 0 Å². The van der Waals surface area contributed by atoms with Crippen molar-refractivity contribution in [2.45, 2.75) is 50.4 Å². The molecule has 4 rings (SSSR count). The van der Waals surface area contributed by atoms with Crippen molar-refractivity contribution >= 4 is 43.5 Å². The van der Waals surface area contributed by atoms with Gasteiger partial charge < -0.3 is 4.74 Å². The summed E-state index contributed by atoms with van der Waals surface area (Å²) >= 11 is 3.12. The lowest BCUT2D eigenvalue weighted by molar-refractivity contribution is 0.0938. The Hall–Kier alpha value is -1.44. The predicted molar refractivity (Wildman–Crippen MR) is 104 cm³/mol. The standard InChI is InChI=1S/C18H21N3O2S2/c1-2-3-10-24-18-20-14-13-7-4-8-19-16(13)25-15(14)17(22)21(18)11-12-6-5-9-23-12/h4,7-8,12H,2-3,5-6,9-11H2,1H3. The van der Waals surface area contributed by atoms with Gasteiger partial charge in [0.2, 0.25) is 0 Å². The lowest BCUT2D eigenvalue weighted by atomic mass is 10.2. The van der Waals surface area contributed by atoms with Crippen molar-refractivity contribution in [3.05, 3.63) is 28.7 Å². The summed E-state index contributed by atoms with van der Waals surface area (Å²) in [6.45, 7) is 3.56. The maximum Gasteiger partial charge on any atom is 0.272 e. The number of hydrogen-bond donors (Lipinski definition) is 0. The fraction of sp³-hybridized carbons (Fsp3) is 0.500. The molecule has 0 spiro atoms. The van der Waals surface area contributed by atoms with E-state index in [1.807, 2.05) is 16.7 Å². The molecule has 0 bridgehead atoms. The summed E-state index contributed by atoms with van der Waals surface area (Å²) in [5, 5.41) is 1.78. The molecule has 3 aromatic rings. The zero-order chi connectivity index (χ0) is 17.2. The SMILES string of the molecule is CCCCSc1nc2c(sc3ncccc32)c(=O)n1CC1CCCO1. The molecule has 4 heterocycles. The summed E-state index contributed by atoms with van der Waals surface area (Å²) < 4.78 is 8.29. The lowest BCUT2D eigenvalue weighted by Crippen LogP contribution is -2.28. The molecule has 5 nitrogen and oxygen atoms in total. The van der Waals surface area contributed by atoms with E-state index in [-0.39, 0.29) is 11.7 Å². The highest BCUT2D eigenvalue weighted by atomic mass is 32.2. The highest BCUT2D eigenvalue weighted by Crippen LogP contribution is 2.31. The van der Waals surface area contributed by atoms with Gasteiger partial charge >= 0.3 is 0 Å². The Balaban J connectivity index is 1.83. The largest absolute Gasteiger partial charge is 0.376 e. The van der Waals surface area contributed by atoms with Gasteiger partial charge in [-0.3, -0.25) is 9.36 Å². The molecule has 7 heteroatoms. The van der Waals surface area contributed by atoms with E-state index in [1.165, 1.54) is 11.3 Å². The first-order valence-electron chi connectivity index (χ1n) is 8.80. The second-order valence-electron chi connectivity index (χ2n) is 6.28. The molecule has 0 N–H and O–H groups in total. The molecule has 1 aliphatic rings. The summed E-state index contributed by atoms with van der Waals surface area (Å²) in [5.74, 6) is 0.973. The fourth-order valence-electron chi connectivity index (χ4n) is 3.11. The van der Waals surface area contributed by atoms with Gasteiger partial charge in [-0.05, 0) is 31.4 Å². The van der Waals surface area contributed by atoms with Crippen LogP contribution in [0.1, 0.15) is 32.6 Å². The first kappa shape index (κ1) is 17.0. The minimum atomic E-state index is 0.0440. The smallest absolute Gasteiger partial charge is 0.272 e. The number of thioether (sulfide) groups is 1. The first-order chi connectivity index (χ1) is 12.3. The molecule has 1 saturated heterocycles. The van der Waals surface area contributed by atoms with Crippen LogP contribution in [-0.4, -0.2) is 33.0 Å². The van der Waals surface area contributed by atoms with E-state index in [2.05, 4.69) is 11.9 Å². The van der Waals surface area contributed by atoms with Gasteiger partial charge in [0.15, 0.2) is 5.16 Å². The topological polar surface area (TPSA) is 57.0 Å². The maximum atomic E-state index is 13.2. The number of aromatic nitrogens is 3. The second-order valence-corrected chi connectivity index (χ2v) is 8.34. The molecule has 1 aliphatic heterocycles. The van der Waals surface area contributed by atoms with Crippen LogP contribution in [0.4, 0.5) is 0 Å². The first-order valence-corrected chi connectivity index (χ1v) is 10.6. The number of fused-ring (bicyclic) bond motifs is 3. The molecule has 1 fully saturated rings. The molecule has 1 atom stereocenters.